The van der Waals surface area contributed by atoms with Crippen LogP contribution in [0.3, 0.4) is 0 Å². The van der Waals surface area contributed by atoms with Crippen LogP contribution >= 0.6 is 11.6 Å². The molecule has 0 radical (unpaired) electrons. The summed E-state index contributed by atoms with van der Waals surface area (Å²) in [4.78, 5) is 13.7. The number of piperidine rings is 1. The van der Waals surface area contributed by atoms with Crippen LogP contribution in [-0.2, 0) is 10.2 Å². The first-order chi connectivity index (χ1) is 14.0. The number of hydrogen-bond acceptors (Lipinski definition) is 2. The van der Waals surface area contributed by atoms with Crippen molar-refractivity contribution in [2.75, 3.05) is 19.0 Å². The van der Waals surface area contributed by atoms with Gasteiger partial charge in [0.2, 0.25) is 5.91 Å². The van der Waals surface area contributed by atoms with Gasteiger partial charge in [0.15, 0.2) is 0 Å². The van der Waals surface area contributed by atoms with Crippen molar-refractivity contribution in [3.63, 3.8) is 0 Å². The van der Waals surface area contributed by atoms with Gasteiger partial charge in [0.05, 0.1) is 11.5 Å². The Kier molecular flexibility index (Phi) is 4.94. The zero-order valence-corrected chi connectivity index (χ0v) is 17.8. The quantitative estimate of drug-likeness (QED) is 0.698. The minimum atomic E-state index is -0.999. The van der Waals surface area contributed by atoms with Crippen molar-refractivity contribution in [2.45, 2.75) is 69.0 Å². The second-order valence-corrected chi connectivity index (χ2v) is 10.8. The minimum absolute atomic E-state index is 0.0628. The average molecular weight is 419 g/mol. The van der Waals surface area contributed by atoms with Crippen molar-refractivity contribution < 1.29 is 9.18 Å². The molecule has 0 spiro atoms. The first kappa shape index (κ1) is 19.8. The second-order valence-electron chi connectivity index (χ2n) is 10.5. The lowest BCUT2D eigenvalue weighted by molar-refractivity contribution is -0.164. The number of halogens is 2. The Balaban J connectivity index is 1.48. The smallest absolute Gasteiger partial charge is 0.226 e. The number of nitrogens with one attached hydrogen (secondary N) is 2. The maximum absolute atomic E-state index is 14.4. The molecule has 3 nitrogen and oxygen atoms in total. The molecule has 1 heterocycles. The highest BCUT2D eigenvalue weighted by Crippen LogP contribution is 2.71. The lowest BCUT2D eigenvalue weighted by atomic mass is 9.38. The summed E-state index contributed by atoms with van der Waals surface area (Å²) in [5, 5.41) is 6.25. The van der Waals surface area contributed by atoms with Gasteiger partial charge in [0, 0.05) is 12.4 Å². The van der Waals surface area contributed by atoms with Crippen LogP contribution in [0.4, 0.5) is 4.39 Å². The summed E-state index contributed by atoms with van der Waals surface area (Å²) < 4.78 is 14.4. The number of rotatable bonds is 5. The molecule has 1 amide bonds. The highest BCUT2D eigenvalue weighted by molar-refractivity contribution is 6.17. The molecule has 4 bridgehead atoms. The summed E-state index contributed by atoms with van der Waals surface area (Å²) in [6, 6.07) is 10.5. The first-order valence-corrected chi connectivity index (χ1v) is 11.8. The highest BCUT2D eigenvalue weighted by atomic mass is 35.5. The average Bonchev–Trinajstić information content (AvgIpc) is 2.69. The van der Waals surface area contributed by atoms with Crippen molar-refractivity contribution in [2.24, 2.45) is 16.7 Å². The van der Waals surface area contributed by atoms with Gasteiger partial charge in [0.1, 0.15) is 6.17 Å². The zero-order chi connectivity index (χ0) is 20.1. The van der Waals surface area contributed by atoms with Crippen LogP contribution in [0.25, 0.3) is 0 Å². The summed E-state index contributed by atoms with van der Waals surface area (Å²) >= 11 is 6.27. The molecule has 4 saturated carbocycles. The summed E-state index contributed by atoms with van der Waals surface area (Å²) in [7, 11) is 0. The molecule has 0 aromatic heterocycles. The van der Waals surface area contributed by atoms with Gasteiger partial charge in [-0.2, -0.15) is 0 Å². The molecule has 6 rings (SSSR count). The van der Waals surface area contributed by atoms with Crippen molar-refractivity contribution in [1.82, 2.24) is 10.6 Å². The fraction of sp³-hybridized carbons (Fsp3) is 0.708. The molecule has 158 valence electrons. The summed E-state index contributed by atoms with van der Waals surface area (Å²) in [6.45, 7) is 1.11. The van der Waals surface area contributed by atoms with Crippen LogP contribution in [0.2, 0.25) is 0 Å². The summed E-state index contributed by atoms with van der Waals surface area (Å²) in [5.41, 5.74) is 1.22. The van der Waals surface area contributed by atoms with Crippen LogP contribution in [0.15, 0.2) is 30.3 Å². The maximum Gasteiger partial charge on any atom is 0.226 e. The Morgan fingerprint density at radius 2 is 2.00 bits per heavy atom. The molecule has 2 N–H and O–H groups in total. The summed E-state index contributed by atoms with van der Waals surface area (Å²) in [6.07, 6.45) is 6.94. The van der Waals surface area contributed by atoms with E-state index in [1.165, 1.54) is 18.4 Å². The van der Waals surface area contributed by atoms with Crippen molar-refractivity contribution >= 4 is 17.5 Å². The van der Waals surface area contributed by atoms with E-state index >= 15 is 0 Å². The third-order valence-corrected chi connectivity index (χ3v) is 8.59. The lowest BCUT2D eigenvalue weighted by Gasteiger charge is -2.66. The van der Waals surface area contributed by atoms with Crippen molar-refractivity contribution in [3.05, 3.63) is 35.9 Å². The Morgan fingerprint density at radius 3 is 2.76 bits per heavy atom. The number of carbonyl (C=O) groups excluding carboxylic acids is 1. The van der Waals surface area contributed by atoms with E-state index in [1.54, 1.807) is 0 Å². The standard InChI is InChI=1S/C24H32ClFN2O/c25-8-7-22-10-17-11-23(14-22,18-4-2-1-3-5-18)16-24(12-17,15-22)21(29)28-20-6-9-27-13-19(20)26/h1-5,17,19-20,27H,6-16H2,(H,28,29)/t17?,19-,20-,22-,23-,24?/m1/s1. The van der Waals surface area contributed by atoms with Gasteiger partial charge in [0.25, 0.3) is 0 Å². The number of amides is 1. The van der Waals surface area contributed by atoms with Crippen LogP contribution in [0.5, 0.6) is 0 Å². The molecule has 1 aromatic carbocycles. The van der Waals surface area contributed by atoms with E-state index in [9.17, 15) is 9.18 Å². The molecular formula is C24H32ClFN2O. The van der Waals surface area contributed by atoms with Crippen molar-refractivity contribution in [3.8, 4) is 0 Å². The topological polar surface area (TPSA) is 41.1 Å². The van der Waals surface area contributed by atoms with E-state index < -0.39 is 6.17 Å². The van der Waals surface area contributed by atoms with Crippen LogP contribution in [0, 0.1) is 16.7 Å². The van der Waals surface area contributed by atoms with Gasteiger partial charge in [-0.25, -0.2) is 4.39 Å². The summed E-state index contributed by atoms with van der Waals surface area (Å²) in [5.74, 6) is 1.32. The number of alkyl halides is 2. The predicted molar refractivity (Wildman–Crippen MR) is 114 cm³/mol. The number of benzene rings is 1. The molecule has 2 unspecified atom stereocenters. The first-order valence-electron chi connectivity index (χ1n) is 11.3. The molecule has 1 aromatic rings. The molecule has 29 heavy (non-hydrogen) atoms. The van der Waals surface area contributed by atoms with Gasteiger partial charge in [-0.15, -0.1) is 11.6 Å². The van der Waals surface area contributed by atoms with E-state index in [0.717, 1.165) is 38.6 Å². The SMILES string of the molecule is O=C(N[C@@H]1CCNC[C@H]1F)C12CC3C[C@@](CCCl)(C1)C[C@](c1ccccc1)(C3)C2. The monoisotopic (exact) mass is 418 g/mol. The zero-order valence-electron chi connectivity index (χ0n) is 17.1. The minimum Gasteiger partial charge on any atom is -0.350 e. The van der Waals surface area contributed by atoms with Crippen LogP contribution < -0.4 is 10.6 Å². The van der Waals surface area contributed by atoms with Gasteiger partial charge in [-0.3, -0.25) is 4.79 Å². The molecule has 5 aliphatic rings. The predicted octanol–water partition coefficient (Wildman–Crippen LogP) is 4.34. The Hall–Kier alpha value is -1.13. The normalized spacial score (nSPS) is 43.3. The van der Waals surface area contributed by atoms with Gasteiger partial charge in [-0.1, -0.05) is 30.3 Å². The number of carbonyl (C=O) groups is 1. The Labute approximate surface area is 178 Å². The van der Waals surface area contributed by atoms with Crippen molar-refractivity contribution in [1.29, 1.82) is 0 Å². The third-order valence-electron chi connectivity index (χ3n) is 8.40. The number of hydrogen-bond donors (Lipinski definition) is 2. The van der Waals surface area contributed by atoms with Crippen LogP contribution in [0.1, 0.15) is 56.9 Å². The highest BCUT2D eigenvalue weighted by Gasteiger charge is 2.65. The van der Waals surface area contributed by atoms with E-state index in [0.29, 0.717) is 24.8 Å². The van der Waals surface area contributed by atoms with Gasteiger partial charge < -0.3 is 10.6 Å². The van der Waals surface area contributed by atoms with Gasteiger partial charge >= 0.3 is 0 Å². The molecule has 1 aliphatic heterocycles. The molecular weight excluding hydrogens is 387 g/mol. The van der Waals surface area contributed by atoms with Crippen LogP contribution in [-0.4, -0.2) is 37.1 Å². The van der Waals surface area contributed by atoms with E-state index in [1.807, 2.05) is 0 Å². The van der Waals surface area contributed by atoms with E-state index in [-0.39, 0.29) is 28.2 Å². The maximum atomic E-state index is 14.4. The largest absolute Gasteiger partial charge is 0.350 e. The Morgan fingerprint density at radius 1 is 1.17 bits per heavy atom. The molecule has 6 atom stereocenters. The molecule has 5 fully saturated rings. The molecule has 4 aliphatic carbocycles. The Bertz CT molecular complexity index is 775. The van der Waals surface area contributed by atoms with E-state index in [4.69, 9.17) is 11.6 Å². The second kappa shape index (κ2) is 7.23. The fourth-order valence-electron chi connectivity index (χ4n) is 7.79. The van der Waals surface area contributed by atoms with E-state index in [2.05, 4.69) is 41.0 Å². The third kappa shape index (κ3) is 3.31. The lowest BCUT2D eigenvalue weighted by Crippen LogP contribution is -2.64. The molecule has 5 heteroatoms. The molecule has 1 saturated heterocycles. The fourth-order valence-corrected chi connectivity index (χ4v) is 8.19. The van der Waals surface area contributed by atoms with Gasteiger partial charge in [-0.05, 0) is 80.2 Å².